The summed E-state index contributed by atoms with van der Waals surface area (Å²) in [4.78, 5) is 40.4. The third-order valence-corrected chi connectivity index (χ3v) is 5.52. The fourth-order valence-corrected chi connectivity index (χ4v) is 3.93. The van der Waals surface area contributed by atoms with Crippen LogP contribution in [-0.2, 0) is 6.54 Å². The molecule has 3 rings (SSSR count). The van der Waals surface area contributed by atoms with Crippen LogP contribution in [0.3, 0.4) is 0 Å². The zero-order valence-electron chi connectivity index (χ0n) is 19.2. The zero-order valence-corrected chi connectivity index (χ0v) is 19.9. The Morgan fingerprint density at radius 3 is 2.33 bits per heavy atom. The van der Waals surface area contributed by atoms with Gasteiger partial charge >= 0.3 is 6.03 Å². The highest BCUT2D eigenvalue weighted by atomic mass is 35.5. The van der Waals surface area contributed by atoms with Crippen LogP contribution in [0.4, 0.5) is 10.5 Å². The summed E-state index contributed by atoms with van der Waals surface area (Å²) in [5.74, 6) is -0.236. The molecule has 1 aliphatic rings. The van der Waals surface area contributed by atoms with Gasteiger partial charge in [0.05, 0.1) is 10.6 Å². The number of hydrogen-bond acceptors (Lipinski definition) is 4. The highest BCUT2D eigenvalue weighted by Crippen LogP contribution is 2.23. The van der Waals surface area contributed by atoms with E-state index in [-0.39, 0.29) is 22.4 Å². The molecule has 0 unspecified atom stereocenters. The maximum Gasteiger partial charge on any atom is 0.316 e. The molecule has 0 saturated carbocycles. The van der Waals surface area contributed by atoms with E-state index in [0.29, 0.717) is 49.5 Å². The Morgan fingerprint density at radius 1 is 1.03 bits per heavy atom. The van der Waals surface area contributed by atoms with Gasteiger partial charge in [-0.1, -0.05) is 23.7 Å². The Balaban J connectivity index is 1.57. The Kier molecular flexibility index (Phi) is 7.61. The van der Waals surface area contributed by atoms with E-state index < -0.39 is 6.03 Å². The van der Waals surface area contributed by atoms with Crippen LogP contribution in [-0.4, -0.2) is 59.4 Å². The molecule has 0 atom stereocenters. The molecule has 1 saturated heterocycles. The highest BCUT2D eigenvalue weighted by Gasteiger charge is 2.24. The van der Waals surface area contributed by atoms with Crippen molar-refractivity contribution in [2.45, 2.75) is 32.9 Å². The van der Waals surface area contributed by atoms with Crippen LogP contribution in [0.15, 0.2) is 42.5 Å². The molecule has 1 aliphatic heterocycles. The first-order chi connectivity index (χ1) is 15.5. The predicted octanol–water partition coefficient (Wildman–Crippen LogP) is 3.32. The van der Waals surface area contributed by atoms with E-state index in [4.69, 9.17) is 17.3 Å². The molecule has 8 nitrogen and oxygen atoms in total. The fraction of sp³-hybridized carbons (Fsp3) is 0.375. The number of carbonyl (C=O) groups is 3. The minimum atomic E-state index is -0.693. The van der Waals surface area contributed by atoms with E-state index >= 15 is 0 Å². The molecule has 33 heavy (non-hydrogen) atoms. The van der Waals surface area contributed by atoms with Crippen molar-refractivity contribution in [3.8, 4) is 0 Å². The lowest BCUT2D eigenvalue weighted by atomic mass is 10.1. The average molecular weight is 472 g/mol. The number of nitrogens with zero attached hydrogens (tertiary/aromatic N) is 2. The lowest BCUT2D eigenvalue weighted by molar-refractivity contribution is 0.0628. The smallest absolute Gasteiger partial charge is 0.316 e. The first-order valence-electron chi connectivity index (χ1n) is 10.8. The van der Waals surface area contributed by atoms with Crippen molar-refractivity contribution >= 4 is 35.1 Å². The molecular weight excluding hydrogens is 442 g/mol. The van der Waals surface area contributed by atoms with E-state index in [9.17, 15) is 14.4 Å². The number of carbonyl (C=O) groups excluding carboxylic acids is 3. The number of anilines is 1. The summed E-state index contributed by atoms with van der Waals surface area (Å²) >= 11 is 6.26. The minimum Gasteiger partial charge on any atom is -0.351 e. The van der Waals surface area contributed by atoms with Gasteiger partial charge in [0, 0.05) is 49.5 Å². The molecular formula is C24H30ClN5O3. The molecule has 2 aromatic carbocycles. The summed E-state index contributed by atoms with van der Waals surface area (Å²) in [7, 11) is 0. The van der Waals surface area contributed by atoms with Gasteiger partial charge in [-0.2, -0.15) is 0 Å². The number of primary amides is 1. The molecule has 4 N–H and O–H groups in total. The fourth-order valence-electron chi connectivity index (χ4n) is 3.67. The number of benzene rings is 2. The van der Waals surface area contributed by atoms with Crippen LogP contribution in [0.5, 0.6) is 0 Å². The number of nitrogens with one attached hydrogen (secondary N) is 2. The lowest BCUT2D eigenvalue weighted by Crippen LogP contribution is -2.48. The van der Waals surface area contributed by atoms with Gasteiger partial charge in [0.2, 0.25) is 0 Å². The van der Waals surface area contributed by atoms with E-state index in [2.05, 4.69) is 15.5 Å². The van der Waals surface area contributed by atoms with Gasteiger partial charge in [-0.3, -0.25) is 14.5 Å². The number of rotatable bonds is 5. The second-order valence-corrected chi connectivity index (χ2v) is 9.56. The first-order valence-corrected chi connectivity index (χ1v) is 11.2. The predicted molar refractivity (Wildman–Crippen MR) is 129 cm³/mol. The molecule has 4 amide bonds. The van der Waals surface area contributed by atoms with Crippen LogP contribution < -0.4 is 16.4 Å². The molecule has 0 spiro atoms. The van der Waals surface area contributed by atoms with E-state index in [1.165, 1.54) is 6.07 Å². The quantitative estimate of drug-likeness (QED) is 0.621. The molecule has 176 valence electrons. The summed E-state index contributed by atoms with van der Waals surface area (Å²) in [6.45, 7) is 9.12. The van der Waals surface area contributed by atoms with E-state index in [1.54, 1.807) is 17.0 Å². The standard InChI is InChI=1S/C24H30ClN5O3/c1-24(2,3)28-21(31)17-6-4-5-16(13-17)15-29-9-11-30(12-10-29)22(32)19-8-7-18(14-20(19)25)27-23(26)33/h4-8,13-14H,9-12,15H2,1-3H3,(H,28,31)(H3,26,27,33). The molecule has 0 aliphatic carbocycles. The molecule has 0 radical (unpaired) electrons. The Labute approximate surface area is 199 Å². The summed E-state index contributed by atoms with van der Waals surface area (Å²) in [6, 6.07) is 11.6. The van der Waals surface area contributed by atoms with Crippen LogP contribution >= 0.6 is 11.6 Å². The van der Waals surface area contributed by atoms with Crippen LogP contribution in [0.2, 0.25) is 5.02 Å². The van der Waals surface area contributed by atoms with Gasteiger partial charge in [0.1, 0.15) is 0 Å². The van der Waals surface area contributed by atoms with Gasteiger partial charge in [-0.15, -0.1) is 0 Å². The lowest BCUT2D eigenvalue weighted by Gasteiger charge is -2.35. The summed E-state index contributed by atoms with van der Waals surface area (Å²) in [5, 5.41) is 5.69. The van der Waals surface area contributed by atoms with Crippen LogP contribution in [0.25, 0.3) is 0 Å². The number of halogens is 1. The van der Waals surface area contributed by atoms with Gasteiger partial charge in [0.25, 0.3) is 11.8 Å². The monoisotopic (exact) mass is 471 g/mol. The van der Waals surface area contributed by atoms with Crippen molar-refractivity contribution in [2.24, 2.45) is 5.73 Å². The van der Waals surface area contributed by atoms with Crippen molar-refractivity contribution < 1.29 is 14.4 Å². The summed E-state index contributed by atoms with van der Waals surface area (Å²) < 4.78 is 0. The average Bonchev–Trinajstić information content (AvgIpc) is 2.72. The van der Waals surface area contributed by atoms with Gasteiger partial charge in [0.15, 0.2) is 0 Å². The summed E-state index contributed by atoms with van der Waals surface area (Å²) in [6.07, 6.45) is 0. The van der Waals surface area contributed by atoms with Gasteiger partial charge in [-0.05, 0) is 56.7 Å². The van der Waals surface area contributed by atoms with Crippen molar-refractivity contribution in [1.29, 1.82) is 0 Å². The first kappa shape index (κ1) is 24.5. The molecule has 1 fully saturated rings. The number of hydrogen-bond donors (Lipinski definition) is 3. The largest absolute Gasteiger partial charge is 0.351 e. The SMILES string of the molecule is CC(C)(C)NC(=O)c1cccc(CN2CCN(C(=O)c3ccc(NC(N)=O)cc3Cl)CC2)c1. The third-order valence-electron chi connectivity index (χ3n) is 5.21. The van der Waals surface area contributed by atoms with Crippen molar-refractivity contribution in [1.82, 2.24) is 15.1 Å². The molecule has 0 aromatic heterocycles. The Hall–Kier alpha value is -3.10. The highest BCUT2D eigenvalue weighted by molar-refractivity contribution is 6.34. The topological polar surface area (TPSA) is 108 Å². The van der Waals surface area contributed by atoms with Crippen LogP contribution in [0.1, 0.15) is 47.1 Å². The Bertz CT molecular complexity index is 1040. The maximum absolute atomic E-state index is 12.9. The second-order valence-electron chi connectivity index (χ2n) is 9.16. The Morgan fingerprint density at radius 2 is 1.73 bits per heavy atom. The minimum absolute atomic E-state index is 0.0892. The number of urea groups is 1. The van der Waals surface area contributed by atoms with Crippen molar-refractivity contribution in [2.75, 3.05) is 31.5 Å². The zero-order chi connectivity index (χ0) is 24.2. The number of nitrogens with two attached hydrogens (primary N) is 1. The van der Waals surface area contributed by atoms with E-state index in [0.717, 1.165) is 5.56 Å². The summed E-state index contributed by atoms with van der Waals surface area (Å²) in [5.41, 5.74) is 7.33. The van der Waals surface area contributed by atoms with Crippen molar-refractivity contribution in [3.05, 3.63) is 64.2 Å². The normalized spacial score (nSPS) is 14.6. The maximum atomic E-state index is 12.9. The number of piperazine rings is 1. The van der Waals surface area contributed by atoms with Crippen molar-refractivity contribution in [3.63, 3.8) is 0 Å². The number of amides is 4. The molecule has 1 heterocycles. The van der Waals surface area contributed by atoms with Gasteiger partial charge in [-0.25, -0.2) is 4.79 Å². The molecule has 9 heteroatoms. The van der Waals surface area contributed by atoms with Crippen LogP contribution in [0, 0.1) is 0 Å². The second kappa shape index (κ2) is 10.2. The molecule has 0 bridgehead atoms. The molecule has 2 aromatic rings. The van der Waals surface area contributed by atoms with E-state index in [1.807, 2.05) is 45.0 Å². The third kappa shape index (κ3) is 6.94. The van der Waals surface area contributed by atoms with Gasteiger partial charge < -0.3 is 21.3 Å².